The van der Waals surface area contributed by atoms with Gasteiger partial charge in [0.25, 0.3) is 0 Å². The lowest BCUT2D eigenvalue weighted by atomic mass is 9.77. The van der Waals surface area contributed by atoms with E-state index in [4.69, 9.17) is 23.2 Å². The summed E-state index contributed by atoms with van der Waals surface area (Å²) in [5.41, 5.74) is 2.55. The number of benzene rings is 1. The zero-order valence-corrected chi connectivity index (χ0v) is 13.2. The minimum Gasteiger partial charge on any atom is -0.126 e. The van der Waals surface area contributed by atoms with Gasteiger partial charge in [-0.05, 0) is 30.4 Å². The third-order valence-electron chi connectivity index (χ3n) is 3.66. The first-order chi connectivity index (χ1) is 8.55. The summed E-state index contributed by atoms with van der Waals surface area (Å²) in [5, 5.41) is 0. The van der Waals surface area contributed by atoms with Crippen molar-refractivity contribution in [1.82, 2.24) is 0 Å². The van der Waals surface area contributed by atoms with Crippen molar-refractivity contribution in [3.8, 4) is 0 Å². The Labute approximate surface area is 122 Å². The maximum atomic E-state index is 6.26. The van der Waals surface area contributed by atoms with Gasteiger partial charge in [0.1, 0.15) is 0 Å². The van der Waals surface area contributed by atoms with Crippen molar-refractivity contribution in [2.45, 2.75) is 45.4 Å². The van der Waals surface area contributed by atoms with E-state index in [2.05, 4.69) is 45.0 Å². The molecule has 2 heteroatoms. The number of aryl methyl sites for hydroxylation is 1. The van der Waals surface area contributed by atoms with Gasteiger partial charge in [-0.2, -0.15) is 0 Å². The van der Waals surface area contributed by atoms with E-state index in [0.29, 0.717) is 11.8 Å². The molecule has 0 heterocycles. The SMILES string of the molecule is Cc1ccccc1C(CCl)(CCl)CCCC(C)C. The first kappa shape index (κ1) is 15.9. The quantitative estimate of drug-likeness (QED) is 0.578. The second-order valence-corrected chi connectivity index (χ2v) is 6.18. The van der Waals surface area contributed by atoms with Crippen LogP contribution in [0.3, 0.4) is 0 Å². The molecule has 0 aromatic heterocycles. The number of alkyl halides is 2. The Bertz CT molecular complexity index is 354. The Morgan fingerprint density at radius 1 is 1.11 bits per heavy atom. The molecule has 0 aliphatic carbocycles. The number of rotatable bonds is 7. The molecule has 18 heavy (non-hydrogen) atoms. The Kier molecular flexibility index (Phi) is 6.52. The summed E-state index contributed by atoms with van der Waals surface area (Å²) < 4.78 is 0. The Morgan fingerprint density at radius 2 is 1.72 bits per heavy atom. The molecular weight excluding hydrogens is 263 g/mol. The van der Waals surface area contributed by atoms with Gasteiger partial charge in [-0.3, -0.25) is 0 Å². The molecule has 1 aromatic rings. The van der Waals surface area contributed by atoms with E-state index >= 15 is 0 Å². The normalized spacial score (nSPS) is 12.1. The van der Waals surface area contributed by atoms with Gasteiger partial charge in [-0.25, -0.2) is 0 Å². The van der Waals surface area contributed by atoms with E-state index in [9.17, 15) is 0 Å². The van der Waals surface area contributed by atoms with E-state index < -0.39 is 0 Å². The van der Waals surface area contributed by atoms with Crippen LogP contribution in [0.4, 0.5) is 0 Å². The van der Waals surface area contributed by atoms with Gasteiger partial charge in [0.05, 0.1) is 0 Å². The molecule has 0 nitrogen and oxygen atoms in total. The fraction of sp³-hybridized carbons (Fsp3) is 0.625. The smallest absolute Gasteiger partial charge is 0.0332 e. The number of halogens is 2. The van der Waals surface area contributed by atoms with E-state index in [1.807, 2.05) is 0 Å². The van der Waals surface area contributed by atoms with Crippen molar-refractivity contribution in [3.05, 3.63) is 35.4 Å². The average molecular weight is 287 g/mol. The van der Waals surface area contributed by atoms with Crippen LogP contribution in [0.15, 0.2) is 24.3 Å². The lowest BCUT2D eigenvalue weighted by Crippen LogP contribution is -2.31. The van der Waals surface area contributed by atoms with Gasteiger partial charge in [0, 0.05) is 17.2 Å². The zero-order valence-electron chi connectivity index (χ0n) is 11.7. The van der Waals surface area contributed by atoms with Crippen LogP contribution in [0.2, 0.25) is 0 Å². The molecule has 0 aliphatic heterocycles. The number of hydrogen-bond donors (Lipinski definition) is 0. The molecule has 0 saturated carbocycles. The first-order valence-corrected chi connectivity index (χ1v) is 7.80. The summed E-state index contributed by atoms with van der Waals surface area (Å²) in [4.78, 5) is 0. The van der Waals surface area contributed by atoms with Gasteiger partial charge in [0.15, 0.2) is 0 Å². The predicted molar refractivity (Wildman–Crippen MR) is 83.0 cm³/mol. The molecule has 1 aromatic carbocycles. The largest absolute Gasteiger partial charge is 0.126 e. The summed E-state index contributed by atoms with van der Waals surface area (Å²) in [6.45, 7) is 6.67. The molecule has 0 bridgehead atoms. The highest BCUT2D eigenvalue weighted by Crippen LogP contribution is 2.35. The van der Waals surface area contributed by atoms with E-state index in [0.717, 1.165) is 12.3 Å². The molecule has 0 saturated heterocycles. The highest BCUT2D eigenvalue weighted by molar-refractivity contribution is 6.22. The predicted octanol–water partition coefficient (Wildman–Crippen LogP) is 5.54. The summed E-state index contributed by atoms with van der Waals surface area (Å²) in [6.07, 6.45) is 3.50. The molecule has 0 spiro atoms. The third-order valence-corrected chi connectivity index (χ3v) is 4.69. The standard InChI is InChI=1S/C16H24Cl2/c1-13(2)7-6-10-16(11-17,12-18)15-9-5-4-8-14(15)3/h4-5,8-9,13H,6-7,10-12H2,1-3H3. The summed E-state index contributed by atoms with van der Waals surface area (Å²) in [7, 11) is 0. The lowest BCUT2D eigenvalue weighted by Gasteiger charge is -2.32. The molecule has 1 rings (SSSR count). The molecule has 0 N–H and O–H groups in total. The molecule has 0 amide bonds. The van der Waals surface area contributed by atoms with Crippen LogP contribution in [0.1, 0.15) is 44.2 Å². The summed E-state index contributed by atoms with van der Waals surface area (Å²) >= 11 is 12.5. The maximum Gasteiger partial charge on any atom is 0.0332 e. The van der Waals surface area contributed by atoms with Gasteiger partial charge in [-0.1, -0.05) is 51.0 Å². The fourth-order valence-electron chi connectivity index (χ4n) is 2.46. The van der Waals surface area contributed by atoms with Crippen LogP contribution in [0.25, 0.3) is 0 Å². The third kappa shape index (κ3) is 3.90. The van der Waals surface area contributed by atoms with Gasteiger partial charge < -0.3 is 0 Å². The highest BCUT2D eigenvalue weighted by atomic mass is 35.5. The highest BCUT2D eigenvalue weighted by Gasteiger charge is 2.31. The van der Waals surface area contributed by atoms with Crippen LogP contribution < -0.4 is 0 Å². The van der Waals surface area contributed by atoms with Crippen LogP contribution in [-0.2, 0) is 5.41 Å². The van der Waals surface area contributed by atoms with Crippen molar-refractivity contribution in [3.63, 3.8) is 0 Å². The van der Waals surface area contributed by atoms with Crippen molar-refractivity contribution in [2.75, 3.05) is 11.8 Å². The fourth-order valence-corrected chi connectivity index (χ4v) is 3.31. The lowest BCUT2D eigenvalue weighted by molar-refractivity contribution is 0.431. The van der Waals surface area contributed by atoms with E-state index in [-0.39, 0.29) is 5.41 Å². The molecule has 0 unspecified atom stereocenters. The number of hydrogen-bond acceptors (Lipinski definition) is 0. The van der Waals surface area contributed by atoms with Crippen LogP contribution in [0, 0.1) is 12.8 Å². The van der Waals surface area contributed by atoms with Crippen molar-refractivity contribution < 1.29 is 0 Å². The van der Waals surface area contributed by atoms with Crippen molar-refractivity contribution >= 4 is 23.2 Å². The molecule has 102 valence electrons. The molecule has 0 aliphatic rings. The summed E-state index contributed by atoms with van der Waals surface area (Å²) in [6, 6.07) is 8.47. The van der Waals surface area contributed by atoms with Gasteiger partial charge in [0.2, 0.25) is 0 Å². The topological polar surface area (TPSA) is 0 Å². The first-order valence-electron chi connectivity index (χ1n) is 6.74. The molecule has 0 radical (unpaired) electrons. The van der Waals surface area contributed by atoms with E-state index in [1.165, 1.54) is 24.0 Å². The molecule has 0 atom stereocenters. The van der Waals surface area contributed by atoms with E-state index in [1.54, 1.807) is 0 Å². The maximum absolute atomic E-state index is 6.26. The van der Waals surface area contributed by atoms with Crippen molar-refractivity contribution in [2.24, 2.45) is 5.92 Å². The molecule has 0 fully saturated rings. The second kappa shape index (κ2) is 7.40. The second-order valence-electron chi connectivity index (χ2n) is 5.65. The zero-order chi connectivity index (χ0) is 13.6. The Balaban J connectivity index is 2.89. The van der Waals surface area contributed by atoms with Crippen molar-refractivity contribution in [1.29, 1.82) is 0 Å². The van der Waals surface area contributed by atoms with Crippen LogP contribution in [0.5, 0.6) is 0 Å². The minimum atomic E-state index is -0.0661. The van der Waals surface area contributed by atoms with Gasteiger partial charge in [-0.15, -0.1) is 23.2 Å². The summed E-state index contributed by atoms with van der Waals surface area (Å²) in [5.74, 6) is 1.93. The average Bonchev–Trinajstić information content (AvgIpc) is 2.36. The minimum absolute atomic E-state index is 0.0661. The Hall–Kier alpha value is -0.200. The molecular formula is C16H24Cl2. The van der Waals surface area contributed by atoms with Crippen LogP contribution >= 0.6 is 23.2 Å². The monoisotopic (exact) mass is 286 g/mol. The van der Waals surface area contributed by atoms with Gasteiger partial charge >= 0.3 is 0 Å². The Morgan fingerprint density at radius 3 is 2.22 bits per heavy atom. The van der Waals surface area contributed by atoms with Crippen LogP contribution in [-0.4, -0.2) is 11.8 Å².